The summed E-state index contributed by atoms with van der Waals surface area (Å²) in [7, 11) is 0. The zero-order chi connectivity index (χ0) is 16.5. The summed E-state index contributed by atoms with van der Waals surface area (Å²) in [5, 5.41) is 23.1. The smallest absolute Gasteiger partial charge is 0.263 e. The molecule has 0 unspecified atom stereocenters. The van der Waals surface area contributed by atoms with E-state index in [1.54, 1.807) is 0 Å². The first kappa shape index (κ1) is 15.4. The Morgan fingerprint density at radius 3 is 2.68 bits per heavy atom. The van der Waals surface area contributed by atoms with E-state index >= 15 is 0 Å². The Morgan fingerprint density at radius 1 is 1.50 bits per heavy atom. The largest absolute Gasteiger partial charge is 0.442 e. The number of halogens is 3. The number of pyridine rings is 1. The molecule has 22 heavy (non-hydrogen) atoms. The summed E-state index contributed by atoms with van der Waals surface area (Å²) < 4.78 is 39.4. The minimum Gasteiger partial charge on any atom is -0.263 e. The summed E-state index contributed by atoms with van der Waals surface area (Å²) >= 11 is 0. The van der Waals surface area contributed by atoms with Crippen LogP contribution in [-0.4, -0.2) is 19.7 Å². The number of hydrogen-bond acceptors (Lipinski definition) is 5. The molecule has 2 aromatic heterocycles. The predicted octanol–water partition coefficient (Wildman–Crippen LogP) is 2.43. The normalized spacial score (nSPS) is 11.2. The van der Waals surface area contributed by atoms with E-state index in [0.717, 1.165) is 4.68 Å². The van der Waals surface area contributed by atoms with Crippen molar-refractivity contribution in [3.05, 3.63) is 51.1 Å². The Hall–Kier alpha value is -2.96. The van der Waals surface area contributed by atoms with Crippen molar-refractivity contribution < 1.29 is 18.1 Å². The summed E-state index contributed by atoms with van der Waals surface area (Å²) in [6.45, 7) is 0.974. The van der Waals surface area contributed by atoms with Gasteiger partial charge in [0.1, 0.15) is 11.8 Å². The number of alkyl halides is 3. The van der Waals surface area contributed by atoms with Crippen molar-refractivity contribution in [3.8, 4) is 6.07 Å². The third-order valence-corrected chi connectivity index (χ3v) is 2.98. The number of rotatable bonds is 3. The van der Waals surface area contributed by atoms with Crippen LogP contribution in [0.5, 0.6) is 0 Å². The maximum absolute atomic E-state index is 12.8. The van der Waals surface area contributed by atoms with E-state index < -0.39 is 22.5 Å². The molecule has 0 amide bonds. The van der Waals surface area contributed by atoms with Crippen LogP contribution in [0.2, 0.25) is 0 Å². The molecule has 2 aromatic rings. The van der Waals surface area contributed by atoms with E-state index in [1.165, 1.54) is 25.4 Å². The minimum atomic E-state index is -4.94. The third-order valence-electron chi connectivity index (χ3n) is 2.98. The van der Waals surface area contributed by atoms with Crippen LogP contribution in [0.3, 0.4) is 0 Å². The molecule has 0 aliphatic carbocycles. The van der Waals surface area contributed by atoms with Crippen LogP contribution in [0.1, 0.15) is 22.5 Å². The average molecular weight is 311 g/mol. The molecule has 2 heterocycles. The summed E-state index contributed by atoms with van der Waals surface area (Å²) in [4.78, 5) is 13.5. The van der Waals surface area contributed by atoms with Gasteiger partial charge in [-0.05, 0) is 18.6 Å². The first-order valence-electron chi connectivity index (χ1n) is 5.87. The molecule has 0 saturated carbocycles. The van der Waals surface area contributed by atoms with E-state index in [-0.39, 0.29) is 17.8 Å². The zero-order valence-corrected chi connectivity index (χ0v) is 11.1. The minimum absolute atomic E-state index is 0.161. The van der Waals surface area contributed by atoms with Gasteiger partial charge >= 0.3 is 11.9 Å². The van der Waals surface area contributed by atoms with Crippen LogP contribution in [0.4, 0.5) is 18.9 Å². The predicted molar refractivity (Wildman–Crippen MR) is 66.7 cm³/mol. The van der Waals surface area contributed by atoms with Crippen LogP contribution in [0, 0.1) is 28.4 Å². The van der Waals surface area contributed by atoms with Gasteiger partial charge in [-0.3, -0.25) is 19.8 Å². The van der Waals surface area contributed by atoms with Gasteiger partial charge in [0.05, 0.1) is 17.0 Å². The van der Waals surface area contributed by atoms with Crippen molar-refractivity contribution in [3.63, 3.8) is 0 Å². The molecular formula is C12H8F3N5O2. The lowest BCUT2D eigenvalue weighted by molar-refractivity contribution is -0.388. The molecule has 0 atom stereocenters. The Kier molecular flexibility index (Phi) is 3.81. The fourth-order valence-corrected chi connectivity index (χ4v) is 1.92. The van der Waals surface area contributed by atoms with Crippen LogP contribution >= 0.6 is 0 Å². The molecule has 7 nitrogen and oxygen atoms in total. The molecule has 2 rings (SSSR count). The van der Waals surface area contributed by atoms with Crippen molar-refractivity contribution in [2.75, 3.05) is 0 Å². The highest BCUT2D eigenvalue weighted by atomic mass is 19.4. The highest BCUT2D eigenvalue weighted by Gasteiger charge is 2.44. The molecule has 0 aromatic carbocycles. The van der Waals surface area contributed by atoms with Crippen molar-refractivity contribution in [1.82, 2.24) is 14.8 Å². The van der Waals surface area contributed by atoms with Crippen LogP contribution in [-0.2, 0) is 12.7 Å². The quantitative estimate of drug-likeness (QED) is 0.640. The Balaban J connectivity index is 2.54. The summed E-state index contributed by atoms with van der Waals surface area (Å²) in [6.07, 6.45) is -2.31. The van der Waals surface area contributed by atoms with Gasteiger partial charge in [0, 0.05) is 12.4 Å². The van der Waals surface area contributed by atoms with E-state index in [4.69, 9.17) is 5.26 Å². The number of nitrogens with zero attached hydrogens (tertiary/aromatic N) is 5. The topological polar surface area (TPSA) is 97.6 Å². The number of aromatic nitrogens is 3. The fourth-order valence-electron chi connectivity index (χ4n) is 1.92. The van der Waals surface area contributed by atoms with E-state index in [1.807, 2.05) is 6.07 Å². The lowest BCUT2D eigenvalue weighted by Crippen LogP contribution is -2.10. The number of nitriles is 1. The van der Waals surface area contributed by atoms with Gasteiger partial charge in [0.2, 0.25) is 5.69 Å². The van der Waals surface area contributed by atoms with Gasteiger partial charge in [0.15, 0.2) is 0 Å². The molecular weight excluding hydrogens is 303 g/mol. The Labute approximate surface area is 121 Å². The maximum Gasteiger partial charge on any atom is 0.442 e. The van der Waals surface area contributed by atoms with Gasteiger partial charge in [-0.25, -0.2) is 0 Å². The maximum atomic E-state index is 12.8. The van der Waals surface area contributed by atoms with Gasteiger partial charge in [-0.15, -0.1) is 0 Å². The summed E-state index contributed by atoms with van der Waals surface area (Å²) in [6, 6.07) is 3.29. The molecule has 10 heteroatoms. The van der Waals surface area contributed by atoms with E-state index in [0.29, 0.717) is 5.56 Å². The van der Waals surface area contributed by atoms with Crippen molar-refractivity contribution >= 4 is 5.69 Å². The molecule has 0 saturated heterocycles. The summed E-state index contributed by atoms with van der Waals surface area (Å²) in [5.41, 5.74) is -2.35. The van der Waals surface area contributed by atoms with Crippen LogP contribution in [0.15, 0.2) is 18.5 Å². The Bertz CT molecular complexity index is 776. The third kappa shape index (κ3) is 2.73. The number of nitro groups is 1. The highest BCUT2D eigenvalue weighted by molar-refractivity contribution is 5.43. The fraction of sp³-hybridized carbons (Fsp3) is 0.250. The average Bonchev–Trinajstić information content (AvgIpc) is 2.77. The van der Waals surface area contributed by atoms with Crippen molar-refractivity contribution in [2.24, 2.45) is 0 Å². The molecule has 0 fully saturated rings. The van der Waals surface area contributed by atoms with Gasteiger partial charge in [0.25, 0.3) is 0 Å². The van der Waals surface area contributed by atoms with E-state index in [9.17, 15) is 23.3 Å². The van der Waals surface area contributed by atoms with Crippen molar-refractivity contribution in [2.45, 2.75) is 19.6 Å². The molecule has 114 valence electrons. The molecule has 0 spiro atoms. The monoisotopic (exact) mass is 311 g/mol. The number of hydrogen-bond donors (Lipinski definition) is 0. The Morgan fingerprint density at radius 2 is 2.18 bits per heavy atom. The van der Waals surface area contributed by atoms with Gasteiger partial charge in [-0.1, -0.05) is 0 Å². The second kappa shape index (κ2) is 5.44. The van der Waals surface area contributed by atoms with Crippen molar-refractivity contribution in [1.29, 1.82) is 5.26 Å². The molecule has 0 aliphatic rings. The highest BCUT2D eigenvalue weighted by Crippen LogP contribution is 2.37. The van der Waals surface area contributed by atoms with Crippen LogP contribution in [0.25, 0.3) is 0 Å². The first-order chi connectivity index (χ1) is 10.3. The first-order valence-corrected chi connectivity index (χ1v) is 5.87. The van der Waals surface area contributed by atoms with Gasteiger partial charge in [-0.2, -0.15) is 23.5 Å². The second-order valence-electron chi connectivity index (χ2n) is 4.34. The zero-order valence-electron chi connectivity index (χ0n) is 11.1. The molecule has 0 N–H and O–H groups in total. The molecule has 0 radical (unpaired) electrons. The second-order valence-corrected chi connectivity index (χ2v) is 4.34. The molecule has 0 bridgehead atoms. The van der Waals surface area contributed by atoms with Crippen LogP contribution < -0.4 is 0 Å². The SMILES string of the molecule is Cc1c([N+](=O)[O-])c(C(F)(F)F)nn1Cc1ccncc1C#N. The lowest BCUT2D eigenvalue weighted by Gasteiger charge is -2.05. The lowest BCUT2D eigenvalue weighted by atomic mass is 10.1. The van der Waals surface area contributed by atoms with E-state index in [2.05, 4.69) is 10.1 Å². The molecule has 0 aliphatic heterocycles. The van der Waals surface area contributed by atoms with Gasteiger partial charge < -0.3 is 0 Å². The summed E-state index contributed by atoms with van der Waals surface area (Å²) in [5.74, 6) is 0. The standard InChI is InChI=1S/C12H8F3N5O2/c1-7-10(20(21)22)11(12(13,14)15)18-19(7)6-8-2-3-17-5-9(8)4-16/h2-3,5H,6H2,1H3.